The van der Waals surface area contributed by atoms with Crippen LogP contribution in [-0.2, 0) is 9.84 Å². The van der Waals surface area contributed by atoms with Gasteiger partial charge in [0.15, 0.2) is 0 Å². The van der Waals surface area contributed by atoms with E-state index in [1.165, 1.54) is 6.26 Å². The summed E-state index contributed by atoms with van der Waals surface area (Å²) >= 11 is 3.53. The lowest BCUT2D eigenvalue weighted by Gasteiger charge is -2.33. The average molecular weight is 360 g/mol. The molecule has 0 heterocycles. The Labute approximate surface area is 130 Å². The summed E-state index contributed by atoms with van der Waals surface area (Å²) in [6.45, 7) is 2.05. The van der Waals surface area contributed by atoms with E-state index in [1.807, 2.05) is 12.1 Å². The van der Waals surface area contributed by atoms with Gasteiger partial charge in [-0.05, 0) is 49.3 Å². The summed E-state index contributed by atoms with van der Waals surface area (Å²) in [5.74, 6) is 0.247. The minimum absolute atomic E-state index is 0.0861. The number of halogens is 1. The van der Waals surface area contributed by atoms with Crippen LogP contribution in [0.25, 0.3) is 0 Å². The van der Waals surface area contributed by atoms with Crippen LogP contribution in [0.2, 0.25) is 0 Å². The normalized spacial score (nSPS) is 25.4. The molecule has 0 radical (unpaired) electrons. The van der Waals surface area contributed by atoms with Gasteiger partial charge in [-0.15, -0.1) is 0 Å². The Hall–Kier alpha value is -0.390. The van der Waals surface area contributed by atoms with Crippen LogP contribution >= 0.6 is 15.9 Å². The fraction of sp³-hybridized carbons (Fsp3) is 0.600. The highest BCUT2D eigenvalue weighted by Crippen LogP contribution is 2.37. The molecule has 1 aliphatic carbocycles. The lowest BCUT2D eigenvalue weighted by molar-refractivity contribution is 0.308. The summed E-state index contributed by atoms with van der Waals surface area (Å²) < 4.78 is 24.6. The number of rotatable bonds is 3. The van der Waals surface area contributed by atoms with Gasteiger partial charge in [0.2, 0.25) is 0 Å². The molecule has 0 bridgehead atoms. The standard InChI is InChI=1S/C15H22BrNO2S/c1-10-13(7-4-8-14(10)16)15(17)11-5-3-6-12(9-11)20(2,18)19/h4,7-8,11-12,15H,3,5-6,9,17H2,1-2H3. The zero-order valence-electron chi connectivity index (χ0n) is 12.0. The first-order valence-corrected chi connectivity index (χ1v) is 9.75. The van der Waals surface area contributed by atoms with E-state index in [0.29, 0.717) is 6.42 Å². The van der Waals surface area contributed by atoms with E-state index in [1.54, 1.807) is 0 Å². The molecular weight excluding hydrogens is 338 g/mol. The fourth-order valence-corrected chi connectivity index (χ4v) is 4.71. The van der Waals surface area contributed by atoms with E-state index >= 15 is 0 Å². The minimum Gasteiger partial charge on any atom is -0.324 e. The van der Waals surface area contributed by atoms with E-state index < -0.39 is 9.84 Å². The van der Waals surface area contributed by atoms with Gasteiger partial charge in [0.05, 0.1) is 5.25 Å². The van der Waals surface area contributed by atoms with Gasteiger partial charge in [0.25, 0.3) is 0 Å². The zero-order chi connectivity index (χ0) is 14.9. The SMILES string of the molecule is Cc1c(Br)cccc1C(N)C1CCCC(S(C)(=O)=O)C1. The van der Waals surface area contributed by atoms with Gasteiger partial charge in [0.1, 0.15) is 9.84 Å². The summed E-state index contributed by atoms with van der Waals surface area (Å²) in [4.78, 5) is 0. The van der Waals surface area contributed by atoms with Crippen molar-refractivity contribution in [3.05, 3.63) is 33.8 Å². The molecule has 20 heavy (non-hydrogen) atoms. The predicted octanol–water partition coefficient (Wildman–Crippen LogP) is 3.36. The first-order chi connectivity index (χ1) is 9.30. The summed E-state index contributed by atoms with van der Waals surface area (Å²) in [5.41, 5.74) is 8.71. The van der Waals surface area contributed by atoms with E-state index in [-0.39, 0.29) is 17.2 Å². The number of sulfone groups is 1. The number of hydrogen-bond acceptors (Lipinski definition) is 3. The average Bonchev–Trinajstić information content (AvgIpc) is 2.40. The Morgan fingerprint density at radius 1 is 1.35 bits per heavy atom. The van der Waals surface area contributed by atoms with Crippen LogP contribution in [0, 0.1) is 12.8 Å². The molecule has 3 nitrogen and oxygen atoms in total. The fourth-order valence-electron chi connectivity index (χ4n) is 3.14. The zero-order valence-corrected chi connectivity index (χ0v) is 14.4. The molecular formula is C15H22BrNO2S. The predicted molar refractivity (Wildman–Crippen MR) is 86.4 cm³/mol. The van der Waals surface area contributed by atoms with Crippen LogP contribution in [0.4, 0.5) is 0 Å². The molecule has 0 spiro atoms. The summed E-state index contributed by atoms with van der Waals surface area (Å²) in [6.07, 6.45) is 4.77. The highest BCUT2D eigenvalue weighted by atomic mass is 79.9. The molecule has 112 valence electrons. The molecule has 5 heteroatoms. The molecule has 1 aromatic rings. The highest BCUT2D eigenvalue weighted by Gasteiger charge is 2.32. The second-order valence-corrected chi connectivity index (χ2v) is 9.04. The van der Waals surface area contributed by atoms with Crippen molar-refractivity contribution >= 4 is 25.8 Å². The van der Waals surface area contributed by atoms with E-state index in [4.69, 9.17) is 5.73 Å². The molecule has 0 aromatic heterocycles. The number of hydrogen-bond donors (Lipinski definition) is 1. The molecule has 1 fully saturated rings. The van der Waals surface area contributed by atoms with Crippen LogP contribution in [0.5, 0.6) is 0 Å². The molecule has 0 saturated heterocycles. The van der Waals surface area contributed by atoms with E-state index in [0.717, 1.165) is 34.9 Å². The van der Waals surface area contributed by atoms with E-state index in [2.05, 4.69) is 28.9 Å². The van der Waals surface area contributed by atoms with Gasteiger partial charge in [-0.3, -0.25) is 0 Å². The highest BCUT2D eigenvalue weighted by molar-refractivity contribution is 9.10. The lowest BCUT2D eigenvalue weighted by Crippen LogP contribution is -2.33. The molecule has 1 saturated carbocycles. The van der Waals surface area contributed by atoms with Crippen molar-refractivity contribution in [2.75, 3.05) is 6.26 Å². The molecule has 0 amide bonds. The topological polar surface area (TPSA) is 60.2 Å². The maximum atomic E-state index is 11.8. The lowest BCUT2D eigenvalue weighted by atomic mass is 9.80. The maximum Gasteiger partial charge on any atom is 0.150 e. The molecule has 2 N–H and O–H groups in total. The van der Waals surface area contributed by atoms with Crippen LogP contribution in [0.3, 0.4) is 0 Å². The Balaban J connectivity index is 2.21. The van der Waals surface area contributed by atoms with Crippen LogP contribution < -0.4 is 5.73 Å². The molecule has 3 atom stereocenters. The third kappa shape index (κ3) is 3.43. The minimum atomic E-state index is -2.96. The summed E-state index contributed by atoms with van der Waals surface area (Å²) in [5, 5.41) is -0.222. The van der Waals surface area contributed by atoms with Crippen molar-refractivity contribution in [1.82, 2.24) is 0 Å². The second-order valence-electron chi connectivity index (χ2n) is 5.86. The quantitative estimate of drug-likeness (QED) is 0.899. The molecule has 1 aliphatic rings. The second kappa shape index (κ2) is 6.16. The first-order valence-electron chi connectivity index (χ1n) is 7.00. The van der Waals surface area contributed by atoms with Gasteiger partial charge in [-0.2, -0.15) is 0 Å². The van der Waals surface area contributed by atoms with Gasteiger partial charge in [-0.25, -0.2) is 8.42 Å². The summed E-state index contributed by atoms with van der Waals surface area (Å²) in [7, 11) is -2.96. The van der Waals surface area contributed by atoms with Crippen molar-refractivity contribution in [1.29, 1.82) is 0 Å². The first kappa shape index (κ1) is 16.0. The van der Waals surface area contributed by atoms with Gasteiger partial charge in [0, 0.05) is 16.8 Å². The van der Waals surface area contributed by atoms with Gasteiger partial charge < -0.3 is 5.73 Å². The largest absolute Gasteiger partial charge is 0.324 e. The number of nitrogens with two attached hydrogens (primary N) is 1. The van der Waals surface area contributed by atoms with Crippen molar-refractivity contribution in [3.63, 3.8) is 0 Å². The van der Waals surface area contributed by atoms with Gasteiger partial charge in [-0.1, -0.05) is 34.5 Å². The smallest absolute Gasteiger partial charge is 0.150 e. The Morgan fingerprint density at radius 3 is 2.70 bits per heavy atom. The van der Waals surface area contributed by atoms with Crippen molar-refractivity contribution in [2.24, 2.45) is 11.7 Å². The number of benzene rings is 1. The molecule has 1 aromatic carbocycles. The maximum absolute atomic E-state index is 11.8. The molecule has 0 aliphatic heterocycles. The Kier molecular flexibility index (Phi) is 4.92. The molecule has 2 rings (SSSR count). The van der Waals surface area contributed by atoms with Crippen molar-refractivity contribution in [3.8, 4) is 0 Å². The van der Waals surface area contributed by atoms with Crippen molar-refractivity contribution in [2.45, 2.75) is 43.9 Å². The Morgan fingerprint density at radius 2 is 2.05 bits per heavy atom. The monoisotopic (exact) mass is 359 g/mol. The van der Waals surface area contributed by atoms with Crippen molar-refractivity contribution < 1.29 is 8.42 Å². The third-order valence-electron chi connectivity index (χ3n) is 4.45. The molecule has 3 unspecified atom stereocenters. The third-order valence-corrected chi connectivity index (χ3v) is 6.95. The van der Waals surface area contributed by atoms with Crippen LogP contribution in [-0.4, -0.2) is 19.9 Å². The summed E-state index contributed by atoms with van der Waals surface area (Å²) in [6, 6.07) is 5.96. The Bertz CT molecular complexity index is 586. The van der Waals surface area contributed by atoms with Crippen LogP contribution in [0.1, 0.15) is 42.9 Å². The van der Waals surface area contributed by atoms with Gasteiger partial charge >= 0.3 is 0 Å². The van der Waals surface area contributed by atoms with Crippen LogP contribution in [0.15, 0.2) is 22.7 Å². The van der Waals surface area contributed by atoms with E-state index in [9.17, 15) is 8.42 Å².